The van der Waals surface area contributed by atoms with Crippen molar-refractivity contribution in [2.45, 2.75) is 46.1 Å². The van der Waals surface area contributed by atoms with Gasteiger partial charge in [0.05, 0.1) is 26.8 Å². The number of fused-ring (bicyclic) bond motifs is 1. The van der Waals surface area contributed by atoms with Crippen molar-refractivity contribution in [3.8, 4) is 10.4 Å². The zero-order valence-electron chi connectivity index (χ0n) is 21.4. The molecule has 4 heterocycles. The van der Waals surface area contributed by atoms with Crippen LogP contribution in [-0.4, -0.2) is 37.7 Å². The third-order valence-electron chi connectivity index (χ3n) is 6.21. The van der Waals surface area contributed by atoms with E-state index in [1.807, 2.05) is 19.9 Å². The molecule has 37 heavy (non-hydrogen) atoms. The zero-order valence-corrected chi connectivity index (χ0v) is 22.2. The van der Waals surface area contributed by atoms with Crippen molar-refractivity contribution in [1.82, 2.24) is 19.9 Å². The van der Waals surface area contributed by atoms with Gasteiger partial charge in [-0.05, 0) is 58.4 Å². The summed E-state index contributed by atoms with van der Waals surface area (Å²) in [4.78, 5) is 32.7. The number of nitrogens with one attached hydrogen (secondary N) is 3. The summed E-state index contributed by atoms with van der Waals surface area (Å²) in [5.41, 5.74) is 0.755. The molecule has 0 aliphatic rings. The lowest BCUT2D eigenvalue weighted by Gasteiger charge is -2.27. The molecular formula is C26H29F2N5O3S. The van der Waals surface area contributed by atoms with Crippen molar-refractivity contribution in [2.75, 3.05) is 11.9 Å². The summed E-state index contributed by atoms with van der Waals surface area (Å²) in [5, 5.41) is 16.6. The maximum atomic E-state index is 15.3. The number of hydrogen-bond acceptors (Lipinski definition) is 6. The minimum absolute atomic E-state index is 0.185. The second kappa shape index (κ2) is 9.38. The van der Waals surface area contributed by atoms with Crippen molar-refractivity contribution in [2.24, 2.45) is 7.05 Å². The van der Waals surface area contributed by atoms with Crippen LogP contribution in [0.4, 0.5) is 20.2 Å². The summed E-state index contributed by atoms with van der Waals surface area (Å²) in [7, 11) is 1.56. The topological polar surface area (TPSA) is 112 Å². The van der Waals surface area contributed by atoms with E-state index >= 15 is 8.78 Å². The Labute approximate surface area is 216 Å². The standard InChI is InChI=1S/C26H29F2N5O3S/c1-7-29-23(34)18-10-15-16(12-33(6)24(35)21(15)32-18)22-17(31-20-13(2)8-9-30-14(20)3)11-19(37-22)26(27,28)25(4,5)36/h8-12,31-32,36H,7H2,1-6H3,(H,29,34). The Morgan fingerprint density at radius 2 is 1.97 bits per heavy atom. The maximum absolute atomic E-state index is 15.3. The zero-order chi connectivity index (χ0) is 27.3. The van der Waals surface area contributed by atoms with E-state index in [2.05, 4.69) is 20.6 Å². The number of aromatic amines is 1. The summed E-state index contributed by atoms with van der Waals surface area (Å²) in [6, 6.07) is 4.68. The Balaban J connectivity index is 2.01. The predicted octanol–water partition coefficient (Wildman–Crippen LogP) is 4.96. The molecule has 0 aliphatic heterocycles. The molecule has 0 unspecified atom stereocenters. The second-order valence-corrected chi connectivity index (χ2v) is 10.5. The summed E-state index contributed by atoms with van der Waals surface area (Å²) in [5.74, 6) is -3.94. The Bertz CT molecular complexity index is 1540. The molecule has 4 aromatic heterocycles. The molecular weight excluding hydrogens is 500 g/mol. The normalized spacial score (nSPS) is 12.2. The van der Waals surface area contributed by atoms with Crippen LogP contribution in [0, 0.1) is 13.8 Å². The SMILES string of the molecule is CCNC(=O)c1cc2c(-c3sc(C(F)(F)C(C)(C)O)cc3Nc3c(C)ccnc3C)cn(C)c(=O)c2[nH]1. The molecule has 4 rings (SSSR count). The number of H-pyrrole nitrogens is 1. The van der Waals surface area contributed by atoms with Crippen LogP contribution in [0.15, 0.2) is 35.4 Å². The van der Waals surface area contributed by atoms with Gasteiger partial charge in [0.2, 0.25) is 0 Å². The minimum atomic E-state index is -3.56. The quantitative estimate of drug-likeness (QED) is 0.270. The minimum Gasteiger partial charge on any atom is -0.384 e. The number of amides is 1. The van der Waals surface area contributed by atoms with Gasteiger partial charge in [0.25, 0.3) is 11.5 Å². The molecule has 196 valence electrons. The van der Waals surface area contributed by atoms with Gasteiger partial charge < -0.3 is 25.3 Å². The first-order chi connectivity index (χ1) is 17.3. The first kappa shape index (κ1) is 26.5. The monoisotopic (exact) mass is 529 g/mol. The number of aromatic nitrogens is 3. The molecule has 0 aliphatic carbocycles. The summed E-state index contributed by atoms with van der Waals surface area (Å²) < 4.78 is 32.0. The molecule has 0 saturated carbocycles. The number of aliphatic hydroxyl groups is 1. The first-order valence-electron chi connectivity index (χ1n) is 11.7. The van der Waals surface area contributed by atoms with Gasteiger partial charge in [-0.1, -0.05) is 0 Å². The van der Waals surface area contributed by atoms with Gasteiger partial charge in [-0.3, -0.25) is 14.6 Å². The molecule has 0 fully saturated rings. The summed E-state index contributed by atoms with van der Waals surface area (Å²) >= 11 is 0.812. The van der Waals surface area contributed by atoms with Gasteiger partial charge in [-0.25, -0.2) is 0 Å². The van der Waals surface area contributed by atoms with E-state index in [9.17, 15) is 14.7 Å². The molecule has 4 aromatic rings. The largest absolute Gasteiger partial charge is 0.384 e. The molecule has 0 spiro atoms. The third kappa shape index (κ3) is 4.64. The lowest BCUT2D eigenvalue weighted by Crippen LogP contribution is -2.39. The third-order valence-corrected chi connectivity index (χ3v) is 7.45. The highest BCUT2D eigenvalue weighted by Gasteiger charge is 2.48. The molecule has 0 bridgehead atoms. The Kier molecular flexibility index (Phi) is 6.72. The number of thiophene rings is 1. The smallest absolute Gasteiger partial charge is 0.309 e. The van der Waals surface area contributed by atoms with Crippen LogP contribution >= 0.6 is 11.3 Å². The summed E-state index contributed by atoms with van der Waals surface area (Å²) in [6.07, 6.45) is 3.23. The van der Waals surface area contributed by atoms with Crippen LogP contribution in [0.1, 0.15) is 47.4 Å². The highest BCUT2D eigenvalue weighted by atomic mass is 32.1. The number of aryl methyl sites for hydroxylation is 3. The highest BCUT2D eigenvalue weighted by Crippen LogP contribution is 2.49. The van der Waals surface area contributed by atoms with Crippen LogP contribution < -0.4 is 16.2 Å². The Morgan fingerprint density at radius 3 is 2.59 bits per heavy atom. The van der Waals surface area contributed by atoms with Gasteiger partial charge in [0, 0.05) is 36.9 Å². The fraction of sp³-hybridized carbons (Fsp3) is 0.346. The number of carbonyl (C=O) groups excluding carboxylic acids is 1. The fourth-order valence-corrected chi connectivity index (χ4v) is 5.32. The summed E-state index contributed by atoms with van der Waals surface area (Å²) in [6.45, 7) is 7.99. The van der Waals surface area contributed by atoms with Gasteiger partial charge in [-0.15, -0.1) is 11.3 Å². The van der Waals surface area contributed by atoms with E-state index in [0.29, 0.717) is 39.4 Å². The lowest BCUT2D eigenvalue weighted by atomic mass is 9.99. The average molecular weight is 530 g/mol. The van der Waals surface area contributed by atoms with E-state index in [1.54, 1.807) is 32.4 Å². The molecule has 8 nitrogen and oxygen atoms in total. The number of rotatable bonds is 7. The number of nitrogens with zero attached hydrogens (tertiary/aromatic N) is 2. The van der Waals surface area contributed by atoms with Crippen LogP contribution in [0.3, 0.4) is 0 Å². The molecule has 0 atom stereocenters. The highest BCUT2D eigenvalue weighted by molar-refractivity contribution is 7.16. The molecule has 4 N–H and O–H groups in total. The average Bonchev–Trinajstić information content (AvgIpc) is 3.44. The second-order valence-electron chi connectivity index (χ2n) is 9.49. The predicted molar refractivity (Wildman–Crippen MR) is 142 cm³/mol. The van der Waals surface area contributed by atoms with Crippen LogP contribution in [0.25, 0.3) is 21.3 Å². The molecule has 0 radical (unpaired) electrons. The van der Waals surface area contributed by atoms with Crippen molar-refractivity contribution in [3.05, 3.63) is 62.8 Å². The van der Waals surface area contributed by atoms with Crippen LogP contribution in [0.2, 0.25) is 0 Å². The van der Waals surface area contributed by atoms with E-state index in [1.165, 1.54) is 10.6 Å². The lowest BCUT2D eigenvalue weighted by molar-refractivity contribution is -0.166. The molecule has 0 aromatic carbocycles. The van der Waals surface area contributed by atoms with Crippen LogP contribution in [0.5, 0.6) is 0 Å². The van der Waals surface area contributed by atoms with Crippen LogP contribution in [-0.2, 0) is 13.0 Å². The maximum Gasteiger partial charge on any atom is 0.309 e. The van der Waals surface area contributed by atoms with Crippen molar-refractivity contribution >= 4 is 39.5 Å². The number of anilines is 2. The molecule has 11 heteroatoms. The number of pyridine rings is 2. The Hall–Kier alpha value is -3.57. The number of hydrogen-bond donors (Lipinski definition) is 4. The van der Waals surface area contributed by atoms with Crippen molar-refractivity contribution in [3.63, 3.8) is 0 Å². The van der Waals surface area contributed by atoms with E-state index in [0.717, 1.165) is 30.7 Å². The van der Waals surface area contributed by atoms with Crippen molar-refractivity contribution < 1.29 is 18.7 Å². The van der Waals surface area contributed by atoms with E-state index in [4.69, 9.17) is 0 Å². The molecule has 0 saturated heterocycles. The number of alkyl halides is 2. The van der Waals surface area contributed by atoms with Gasteiger partial charge >= 0.3 is 5.92 Å². The van der Waals surface area contributed by atoms with E-state index < -0.39 is 11.5 Å². The van der Waals surface area contributed by atoms with E-state index in [-0.39, 0.29) is 27.6 Å². The number of halogens is 2. The molecule has 1 amide bonds. The fourth-order valence-electron chi connectivity index (χ4n) is 4.05. The van der Waals surface area contributed by atoms with Crippen molar-refractivity contribution in [1.29, 1.82) is 0 Å². The Morgan fingerprint density at radius 1 is 1.27 bits per heavy atom. The first-order valence-corrected chi connectivity index (χ1v) is 12.5. The van der Waals surface area contributed by atoms with Gasteiger partial charge in [0.1, 0.15) is 16.8 Å². The van der Waals surface area contributed by atoms with Gasteiger partial charge in [-0.2, -0.15) is 8.78 Å². The number of carbonyl (C=O) groups is 1. The van der Waals surface area contributed by atoms with Gasteiger partial charge in [0.15, 0.2) is 0 Å².